The molecule has 2 heterocycles. The van der Waals surface area contributed by atoms with Crippen LogP contribution >= 0.6 is 61.4 Å². The molecule has 0 saturated heterocycles. The van der Waals surface area contributed by atoms with E-state index in [1.165, 1.54) is 0 Å². The molecule has 0 amide bonds. The largest absolute Gasteiger partial charge is 0.416 e. The SMILES string of the molecule is O=P1(NCCCNP2(=O)OC(CCl)=NC2c2ccccc2Cl)OC(CCl)=NC1c1ccccc1Cl. The molecule has 2 aliphatic rings. The first kappa shape index (κ1) is 27.0. The van der Waals surface area contributed by atoms with E-state index in [2.05, 4.69) is 20.2 Å². The summed E-state index contributed by atoms with van der Waals surface area (Å²) in [7, 11) is -6.95. The fraction of sp³-hybridized carbons (Fsp3) is 0.333. The quantitative estimate of drug-likeness (QED) is 0.174. The van der Waals surface area contributed by atoms with Gasteiger partial charge in [0.1, 0.15) is 0 Å². The Labute approximate surface area is 223 Å². The lowest BCUT2D eigenvalue weighted by Crippen LogP contribution is -2.22. The second-order valence-electron chi connectivity index (χ2n) is 7.65. The van der Waals surface area contributed by atoms with Gasteiger partial charge >= 0.3 is 15.0 Å². The monoisotopic (exact) mass is 596 g/mol. The van der Waals surface area contributed by atoms with E-state index < -0.39 is 26.6 Å². The van der Waals surface area contributed by atoms with Crippen molar-refractivity contribution in [2.45, 2.75) is 18.0 Å². The van der Waals surface area contributed by atoms with Crippen molar-refractivity contribution >= 4 is 73.2 Å². The van der Waals surface area contributed by atoms with Crippen LogP contribution in [0.2, 0.25) is 10.0 Å². The van der Waals surface area contributed by atoms with Gasteiger partial charge in [-0.1, -0.05) is 59.6 Å². The van der Waals surface area contributed by atoms with E-state index >= 15 is 0 Å². The summed E-state index contributed by atoms with van der Waals surface area (Å²) in [4.78, 5) is 8.73. The highest BCUT2D eigenvalue weighted by atomic mass is 35.5. The molecule has 4 atom stereocenters. The third kappa shape index (κ3) is 5.92. The summed E-state index contributed by atoms with van der Waals surface area (Å²) in [5.41, 5.74) is 1.17. The predicted octanol–water partition coefficient (Wildman–Crippen LogP) is 6.98. The van der Waals surface area contributed by atoms with E-state index in [9.17, 15) is 9.13 Å². The topological polar surface area (TPSA) is 101 Å². The number of rotatable bonds is 10. The highest BCUT2D eigenvalue weighted by Crippen LogP contribution is 2.63. The van der Waals surface area contributed by atoms with E-state index in [1.807, 2.05) is 0 Å². The molecule has 2 aromatic rings. The molecule has 2 N–H and O–H groups in total. The first-order valence-electron chi connectivity index (χ1n) is 10.6. The number of nitrogens with one attached hydrogen (secondary N) is 2. The summed E-state index contributed by atoms with van der Waals surface area (Å²) in [6.07, 6.45) is 0.442. The zero-order valence-corrected chi connectivity index (χ0v) is 23.1. The number of hydrogen-bond donors (Lipinski definition) is 2. The molecule has 0 aliphatic carbocycles. The molecule has 0 radical (unpaired) electrons. The molecule has 35 heavy (non-hydrogen) atoms. The maximum atomic E-state index is 13.6. The number of aliphatic imine (C=N–C) groups is 2. The van der Waals surface area contributed by atoms with E-state index in [0.29, 0.717) is 27.6 Å². The molecule has 4 unspecified atom stereocenters. The summed E-state index contributed by atoms with van der Waals surface area (Å²) in [6.45, 7) is 0.548. The standard InChI is InChI=1S/C21H22Cl4N4O4P2/c22-12-18-28-20(14-6-1-3-8-16(14)24)34(30,32-18)26-10-5-11-27-35(31)21(29-19(13-23)33-35)15-7-2-4-9-17(15)25/h1-4,6-9,20-21H,5,10-13H2,(H,26,30)(H,27,31). The summed E-state index contributed by atoms with van der Waals surface area (Å²) >= 11 is 24.4. The Morgan fingerprint density at radius 1 is 0.743 bits per heavy atom. The lowest BCUT2D eigenvalue weighted by molar-refractivity contribution is 0.462. The van der Waals surface area contributed by atoms with Gasteiger partial charge in [-0.3, -0.25) is 9.13 Å². The van der Waals surface area contributed by atoms with Gasteiger partial charge < -0.3 is 9.05 Å². The summed E-state index contributed by atoms with van der Waals surface area (Å²) < 4.78 is 38.4. The Morgan fingerprint density at radius 3 is 1.51 bits per heavy atom. The lowest BCUT2D eigenvalue weighted by Gasteiger charge is -2.21. The number of benzene rings is 2. The Hall–Kier alpha value is -1.08. The van der Waals surface area contributed by atoms with Crippen molar-refractivity contribution in [3.63, 3.8) is 0 Å². The van der Waals surface area contributed by atoms with E-state index in [0.717, 1.165) is 0 Å². The second kappa shape index (κ2) is 11.5. The normalized spacial score (nSPS) is 27.8. The van der Waals surface area contributed by atoms with Gasteiger partial charge in [-0.15, -0.1) is 23.2 Å². The molecule has 0 fully saturated rings. The molecule has 0 aromatic heterocycles. The van der Waals surface area contributed by atoms with Crippen LogP contribution in [0.3, 0.4) is 0 Å². The van der Waals surface area contributed by atoms with Crippen molar-refractivity contribution < 1.29 is 18.2 Å². The molecule has 14 heteroatoms. The lowest BCUT2D eigenvalue weighted by atomic mass is 10.2. The molecule has 0 saturated carbocycles. The number of alkyl halides is 2. The molecular weight excluding hydrogens is 576 g/mol. The first-order chi connectivity index (χ1) is 16.8. The number of halogens is 4. The average molecular weight is 598 g/mol. The second-order valence-corrected chi connectivity index (χ2v) is 13.4. The van der Waals surface area contributed by atoms with Crippen LogP contribution in [0.15, 0.2) is 58.5 Å². The van der Waals surface area contributed by atoms with Crippen molar-refractivity contribution in [1.82, 2.24) is 10.2 Å². The molecule has 8 nitrogen and oxygen atoms in total. The van der Waals surface area contributed by atoms with Gasteiger partial charge in [0.05, 0.1) is 11.8 Å². The highest BCUT2D eigenvalue weighted by Gasteiger charge is 2.45. The van der Waals surface area contributed by atoms with Gasteiger partial charge in [0.25, 0.3) is 0 Å². The van der Waals surface area contributed by atoms with E-state index in [1.54, 1.807) is 48.5 Å². The van der Waals surface area contributed by atoms with Crippen LogP contribution in [0.5, 0.6) is 0 Å². The fourth-order valence-corrected chi connectivity index (χ4v) is 8.91. The van der Waals surface area contributed by atoms with Gasteiger partial charge in [-0.2, -0.15) is 0 Å². The van der Waals surface area contributed by atoms with Crippen molar-refractivity contribution in [3.8, 4) is 0 Å². The number of nitrogens with zero attached hydrogens (tertiary/aromatic N) is 2. The third-order valence-corrected chi connectivity index (χ3v) is 10.8. The Morgan fingerprint density at radius 2 is 1.14 bits per heavy atom. The van der Waals surface area contributed by atoms with Crippen LogP contribution in [0.4, 0.5) is 0 Å². The van der Waals surface area contributed by atoms with Crippen molar-refractivity contribution in [2.24, 2.45) is 9.98 Å². The van der Waals surface area contributed by atoms with Crippen molar-refractivity contribution in [1.29, 1.82) is 0 Å². The van der Waals surface area contributed by atoms with Gasteiger partial charge in [0.15, 0.2) is 11.6 Å². The molecular formula is C21H22Cl4N4O4P2. The van der Waals surface area contributed by atoms with Crippen LogP contribution in [0.1, 0.15) is 29.1 Å². The zero-order chi connectivity index (χ0) is 25.1. The first-order valence-corrected chi connectivity index (χ1v) is 15.8. The molecule has 0 spiro atoms. The van der Waals surface area contributed by atoms with E-state index in [-0.39, 0.29) is 36.6 Å². The minimum Gasteiger partial charge on any atom is -0.416 e. The highest BCUT2D eigenvalue weighted by molar-refractivity contribution is 7.58. The van der Waals surface area contributed by atoms with Gasteiger partial charge in [-0.25, -0.2) is 20.2 Å². The smallest absolute Gasteiger partial charge is 0.346 e. The Bertz CT molecular complexity index is 1150. The Kier molecular flexibility index (Phi) is 8.89. The minimum absolute atomic E-state index is 0.0129. The van der Waals surface area contributed by atoms with Crippen molar-refractivity contribution in [3.05, 3.63) is 69.7 Å². The van der Waals surface area contributed by atoms with Gasteiger partial charge in [0.2, 0.25) is 11.8 Å². The summed E-state index contributed by atoms with van der Waals surface area (Å²) in [5, 5.41) is 6.80. The average Bonchev–Trinajstić information content (AvgIpc) is 3.36. The molecule has 2 aromatic carbocycles. The summed E-state index contributed by atoms with van der Waals surface area (Å²) in [5.74, 6) is -1.27. The van der Waals surface area contributed by atoms with Crippen LogP contribution < -0.4 is 10.2 Å². The maximum absolute atomic E-state index is 13.6. The predicted molar refractivity (Wildman–Crippen MR) is 143 cm³/mol. The Balaban J connectivity index is 1.39. The minimum atomic E-state index is -3.47. The van der Waals surface area contributed by atoms with Crippen LogP contribution in [-0.2, 0) is 18.2 Å². The molecule has 0 bridgehead atoms. The van der Waals surface area contributed by atoms with Crippen LogP contribution in [-0.4, -0.2) is 36.6 Å². The van der Waals surface area contributed by atoms with Crippen molar-refractivity contribution in [2.75, 3.05) is 24.8 Å². The van der Waals surface area contributed by atoms with Gasteiger partial charge in [0, 0.05) is 34.3 Å². The maximum Gasteiger partial charge on any atom is 0.346 e. The van der Waals surface area contributed by atoms with Crippen LogP contribution in [0.25, 0.3) is 0 Å². The van der Waals surface area contributed by atoms with Crippen LogP contribution in [0, 0.1) is 0 Å². The zero-order valence-electron chi connectivity index (χ0n) is 18.2. The molecule has 2 aliphatic heterocycles. The fourth-order valence-electron chi connectivity index (χ4n) is 3.67. The van der Waals surface area contributed by atoms with E-state index in [4.69, 9.17) is 55.5 Å². The molecule has 188 valence electrons. The molecule has 4 rings (SSSR count). The summed E-state index contributed by atoms with van der Waals surface area (Å²) in [6, 6.07) is 14.0. The number of hydrogen-bond acceptors (Lipinski definition) is 6. The third-order valence-electron chi connectivity index (χ3n) is 5.27. The van der Waals surface area contributed by atoms with Gasteiger partial charge in [-0.05, 0) is 18.6 Å².